The fourth-order valence-electron chi connectivity index (χ4n) is 5.58. The Morgan fingerprint density at radius 1 is 1.12 bits per heavy atom. The van der Waals surface area contributed by atoms with Crippen molar-refractivity contribution in [2.24, 2.45) is 17.3 Å². The first-order chi connectivity index (χ1) is 10.8. The molecule has 1 aromatic carbocycles. The Bertz CT molecular complexity index is 675. The van der Waals surface area contributed by atoms with Gasteiger partial charge in [-0.1, -0.05) is 25.1 Å². The molecule has 0 saturated heterocycles. The Hall–Kier alpha value is 0.381. The Labute approximate surface area is 183 Å². The number of Topliss-reactive ketones (excluding diaryl/α,β-unsaturated/α-hetero) is 1. The molecule has 24 heavy (non-hydrogen) atoms. The molecular formula is C18H21BF3KO. The Kier molecular flexibility index (Phi) is 5.20. The number of carbonyl (C=O) groups is 1. The summed E-state index contributed by atoms with van der Waals surface area (Å²) in [5, 5.41) is 0. The third-order valence-electron chi connectivity index (χ3n) is 6.84. The van der Waals surface area contributed by atoms with Crippen LogP contribution in [0.2, 0.25) is 0 Å². The number of fused-ring (bicyclic) bond motifs is 5. The van der Waals surface area contributed by atoms with Crippen molar-refractivity contribution in [2.45, 2.75) is 51.4 Å². The van der Waals surface area contributed by atoms with Crippen molar-refractivity contribution < 1.29 is 69.1 Å². The molecule has 3 aliphatic carbocycles. The Morgan fingerprint density at radius 2 is 1.88 bits per heavy atom. The van der Waals surface area contributed by atoms with Crippen molar-refractivity contribution in [3.05, 3.63) is 29.3 Å². The largest absolute Gasteiger partial charge is 1.00 e. The molecule has 0 amide bonds. The van der Waals surface area contributed by atoms with E-state index in [1.165, 1.54) is 12.1 Å². The van der Waals surface area contributed by atoms with E-state index in [0.717, 1.165) is 43.2 Å². The summed E-state index contributed by atoms with van der Waals surface area (Å²) in [5.41, 5.74) is 1.36. The second-order valence-corrected chi connectivity index (χ2v) is 7.87. The van der Waals surface area contributed by atoms with E-state index in [0.29, 0.717) is 30.0 Å². The molecule has 2 fully saturated rings. The molecule has 2 saturated carbocycles. The average Bonchev–Trinajstić information content (AvgIpc) is 2.81. The smallest absolute Gasteiger partial charge is 0.445 e. The van der Waals surface area contributed by atoms with Crippen LogP contribution in [0.25, 0.3) is 0 Å². The molecule has 1 aromatic rings. The summed E-state index contributed by atoms with van der Waals surface area (Å²) in [6, 6.07) is 4.35. The molecule has 0 N–H and O–H groups in total. The van der Waals surface area contributed by atoms with Gasteiger partial charge in [-0.05, 0) is 61.0 Å². The minimum atomic E-state index is -4.92. The molecule has 0 heterocycles. The monoisotopic (exact) mass is 360 g/mol. The molecule has 124 valence electrons. The van der Waals surface area contributed by atoms with E-state index in [4.69, 9.17) is 0 Å². The maximum Gasteiger partial charge on any atom is 1.00 e. The van der Waals surface area contributed by atoms with Crippen LogP contribution in [0.3, 0.4) is 0 Å². The molecule has 4 atom stereocenters. The second-order valence-electron chi connectivity index (χ2n) is 7.87. The molecule has 6 heteroatoms. The van der Waals surface area contributed by atoms with Crippen molar-refractivity contribution >= 4 is 18.2 Å². The third kappa shape index (κ3) is 2.90. The molecule has 4 rings (SSSR count). The van der Waals surface area contributed by atoms with E-state index < -0.39 is 12.4 Å². The van der Waals surface area contributed by atoms with E-state index in [2.05, 4.69) is 6.92 Å². The number of ketones is 1. The molecule has 0 radical (unpaired) electrons. The van der Waals surface area contributed by atoms with Crippen molar-refractivity contribution in [1.29, 1.82) is 0 Å². The van der Waals surface area contributed by atoms with Gasteiger partial charge in [-0.15, -0.1) is 5.46 Å². The van der Waals surface area contributed by atoms with E-state index in [-0.39, 0.29) is 56.8 Å². The number of aryl methyl sites for hydroxylation is 1. The van der Waals surface area contributed by atoms with Crippen LogP contribution < -0.4 is 56.8 Å². The number of rotatable bonds is 1. The summed E-state index contributed by atoms with van der Waals surface area (Å²) >= 11 is 0. The summed E-state index contributed by atoms with van der Waals surface area (Å²) in [6.07, 6.45) is 5.13. The molecule has 3 aliphatic rings. The number of benzene rings is 1. The number of hydrogen-bond donors (Lipinski definition) is 0. The fraction of sp³-hybridized carbons (Fsp3) is 0.611. The second kappa shape index (κ2) is 6.52. The van der Waals surface area contributed by atoms with Crippen LogP contribution in [0.4, 0.5) is 12.9 Å². The van der Waals surface area contributed by atoms with Crippen LogP contribution in [0.15, 0.2) is 18.2 Å². The van der Waals surface area contributed by atoms with Gasteiger partial charge in [-0.2, -0.15) is 0 Å². The van der Waals surface area contributed by atoms with Gasteiger partial charge in [0.2, 0.25) is 0 Å². The normalized spacial score (nSPS) is 34.8. The predicted octanol–water partition coefficient (Wildman–Crippen LogP) is 1.17. The minimum Gasteiger partial charge on any atom is -0.445 e. The molecule has 0 spiro atoms. The molecule has 0 aromatic heterocycles. The van der Waals surface area contributed by atoms with Crippen LogP contribution >= 0.6 is 0 Å². The molecule has 0 aliphatic heterocycles. The van der Waals surface area contributed by atoms with Gasteiger partial charge in [0.1, 0.15) is 5.78 Å². The predicted molar refractivity (Wildman–Crippen MR) is 84.8 cm³/mol. The van der Waals surface area contributed by atoms with Crippen molar-refractivity contribution in [3.63, 3.8) is 0 Å². The Morgan fingerprint density at radius 3 is 2.58 bits per heavy atom. The fourth-order valence-corrected chi connectivity index (χ4v) is 5.58. The van der Waals surface area contributed by atoms with E-state index in [1.807, 2.05) is 0 Å². The third-order valence-corrected chi connectivity index (χ3v) is 6.84. The van der Waals surface area contributed by atoms with Crippen molar-refractivity contribution in [3.8, 4) is 0 Å². The number of carbonyl (C=O) groups excluding carboxylic acids is 1. The zero-order valence-corrected chi connectivity index (χ0v) is 17.4. The zero-order chi connectivity index (χ0) is 16.4. The first kappa shape index (κ1) is 19.2. The van der Waals surface area contributed by atoms with Gasteiger partial charge in [-0.3, -0.25) is 4.79 Å². The molecule has 0 bridgehead atoms. The van der Waals surface area contributed by atoms with E-state index in [9.17, 15) is 17.7 Å². The molecular weight excluding hydrogens is 339 g/mol. The topological polar surface area (TPSA) is 17.1 Å². The van der Waals surface area contributed by atoms with Crippen LogP contribution in [0.5, 0.6) is 0 Å². The SMILES string of the molecule is C[C@]12CC[C@@H]3c4ccc([B-](F)(F)F)cc4CC[C@H]3[C@@H]1CCC2=O.[K+]. The summed E-state index contributed by atoms with van der Waals surface area (Å²) in [4.78, 5) is 12.3. The quantitative estimate of drug-likeness (QED) is 0.688. The van der Waals surface area contributed by atoms with E-state index in [1.54, 1.807) is 6.07 Å². The average molecular weight is 360 g/mol. The maximum absolute atomic E-state index is 13.0. The Balaban J connectivity index is 0.00000169. The summed E-state index contributed by atoms with van der Waals surface area (Å²) in [6.45, 7) is -2.80. The first-order valence-corrected chi connectivity index (χ1v) is 8.66. The van der Waals surface area contributed by atoms with Gasteiger partial charge >= 0.3 is 58.4 Å². The molecule has 0 unspecified atom stereocenters. The zero-order valence-electron chi connectivity index (χ0n) is 14.3. The van der Waals surface area contributed by atoms with Crippen molar-refractivity contribution in [2.75, 3.05) is 0 Å². The van der Waals surface area contributed by atoms with Crippen LogP contribution in [0.1, 0.15) is 56.1 Å². The minimum absolute atomic E-state index is 0. The summed E-state index contributed by atoms with van der Waals surface area (Å²) in [5.74, 6) is 1.64. The van der Waals surface area contributed by atoms with E-state index >= 15 is 0 Å². The molecule has 1 nitrogen and oxygen atoms in total. The van der Waals surface area contributed by atoms with Gasteiger partial charge < -0.3 is 12.9 Å². The summed E-state index contributed by atoms with van der Waals surface area (Å²) < 4.78 is 39.0. The van der Waals surface area contributed by atoms with Gasteiger partial charge in [0, 0.05) is 11.8 Å². The van der Waals surface area contributed by atoms with Gasteiger partial charge in [0.05, 0.1) is 0 Å². The van der Waals surface area contributed by atoms with Gasteiger partial charge in [-0.25, -0.2) is 0 Å². The maximum atomic E-state index is 13.0. The number of halogens is 3. The van der Waals surface area contributed by atoms with Gasteiger partial charge in [0.15, 0.2) is 0 Å². The van der Waals surface area contributed by atoms with Crippen LogP contribution in [-0.4, -0.2) is 12.8 Å². The van der Waals surface area contributed by atoms with Crippen molar-refractivity contribution in [1.82, 2.24) is 0 Å². The number of hydrogen-bond acceptors (Lipinski definition) is 1. The standard InChI is InChI=1S/C18H21BF3O.K/c1-18-9-8-14-13-5-3-12(19(20,21)22)10-11(13)2-4-15(14)16(18)6-7-17(18)23;/h3,5,10,14-16H,2,4,6-9H2,1H3;/q-1;+1/t14-,15-,16+,18+;/m1./s1. The van der Waals surface area contributed by atoms with Crippen LogP contribution in [-0.2, 0) is 11.2 Å². The van der Waals surface area contributed by atoms with Crippen LogP contribution in [0, 0.1) is 17.3 Å². The van der Waals surface area contributed by atoms with Gasteiger partial charge in [0.25, 0.3) is 0 Å². The summed E-state index contributed by atoms with van der Waals surface area (Å²) in [7, 11) is 0. The first-order valence-electron chi connectivity index (χ1n) is 8.66.